The minimum Gasteiger partial charge on any atom is -0.379 e. The van der Waals surface area contributed by atoms with Gasteiger partial charge < -0.3 is 14.8 Å². The molecule has 0 amide bonds. The summed E-state index contributed by atoms with van der Waals surface area (Å²) in [6.45, 7) is 6.97. The fraction of sp³-hybridized carbons (Fsp3) is 1.00. The van der Waals surface area contributed by atoms with Crippen molar-refractivity contribution in [2.45, 2.75) is 38.4 Å². The topological polar surface area (TPSA) is 30.5 Å². The molecule has 2 atom stereocenters. The van der Waals surface area contributed by atoms with Crippen molar-refractivity contribution in [3.05, 3.63) is 0 Å². The highest BCUT2D eigenvalue weighted by Gasteiger charge is 2.27. The number of rotatable bonds is 4. The zero-order valence-corrected chi connectivity index (χ0v) is 8.93. The monoisotopic (exact) mass is 187 g/mol. The van der Waals surface area contributed by atoms with Gasteiger partial charge in [-0.2, -0.15) is 0 Å². The van der Waals surface area contributed by atoms with Crippen LogP contribution in [-0.4, -0.2) is 38.5 Å². The Balaban J connectivity index is 2.24. The third kappa shape index (κ3) is 3.63. The van der Waals surface area contributed by atoms with Gasteiger partial charge in [-0.05, 0) is 33.2 Å². The van der Waals surface area contributed by atoms with Crippen LogP contribution < -0.4 is 5.32 Å². The highest BCUT2D eigenvalue weighted by Crippen LogP contribution is 2.20. The molecule has 3 heteroatoms. The van der Waals surface area contributed by atoms with Crippen LogP contribution in [0.3, 0.4) is 0 Å². The Hall–Kier alpha value is -0.120. The van der Waals surface area contributed by atoms with Crippen molar-refractivity contribution in [2.75, 3.05) is 26.8 Å². The van der Waals surface area contributed by atoms with E-state index in [9.17, 15) is 0 Å². The van der Waals surface area contributed by atoms with Crippen LogP contribution in [0.15, 0.2) is 0 Å². The second kappa shape index (κ2) is 4.94. The minimum absolute atomic E-state index is 0.0189. The molecule has 0 aromatic carbocycles. The van der Waals surface area contributed by atoms with Gasteiger partial charge in [0.2, 0.25) is 0 Å². The number of hydrogen-bond acceptors (Lipinski definition) is 3. The average molecular weight is 187 g/mol. The first-order chi connectivity index (χ1) is 6.16. The summed E-state index contributed by atoms with van der Waals surface area (Å²) < 4.78 is 11.0. The van der Waals surface area contributed by atoms with Crippen molar-refractivity contribution in [1.82, 2.24) is 5.32 Å². The van der Waals surface area contributed by atoms with Gasteiger partial charge in [0.15, 0.2) is 0 Å². The van der Waals surface area contributed by atoms with Crippen LogP contribution >= 0.6 is 0 Å². The smallest absolute Gasteiger partial charge is 0.0780 e. The molecule has 1 saturated heterocycles. The quantitative estimate of drug-likeness (QED) is 0.717. The van der Waals surface area contributed by atoms with Gasteiger partial charge in [-0.3, -0.25) is 0 Å². The van der Waals surface area contributed by atoms with Crippen LogP contribution in [-0.2, 0) is 9.47 Å². The van der Waals surface area contributed by atoms with Gasteiger partial charge in [-0.25, -0.2) is 0 Å². The van der Waals surface area contributed by atoms with Crippen molar-refractivity contribution >= 4 is 0 Å². The van der Waals surface area contributed by atoms with Crippen molar-refractivity contribution in [3.63, 3.8) is 0 Å². The molecule has 0 aromatic rings. The summed E-state index contributed by atoms with van der Waals surface area (Å²) in [5, 5.41) is 3.35. The summed E-state index contributed by atoms with van der Waals surface area (Å²) >= 11 is 0. The lowest BCUT2D eigenvalue weighted by molar-refractivity contribution is -0.0839. The first-order valence-electron chi connectivity index (χ1n) is 5.04. The molecule has 1 aliphatic rings. The van der Waals surface area contributed by atoms with E-state index in [4.69, 9.17) is 9.47 Å². The Morgan fingerprint density at radius 2 is 2.31 bits per heavy atom. The maximum absolute atomic E-state index is 5.84. The number of piperidine rings is 1. The molecular formula is C10H21NO2. The van der Waals surface area contributed by atoms with Crippen LogP contribution in [0.4, 0.5) is 0 Å². The van der Waals surface area contributed by atoms with Crippen LogP contribution in [0.25, 0.3) is 0 Å². The van der Waals surface area contributed by atoms with E-state index in [0.29, 0.717) is 6.61 Å². The molecule has 0 radical (unpaired) electrons. The molecule has 0 aromatic heterocycles. The van der Waals surface area contributed by atoms with E-state index < -0.39 is 0 Å². The largest absolute Gasteiger partial charge is 0.379 e. The molecule has 1 rings (SSSR count). The summed E-state index contributed by atoms with van der Waals surface area (Å²) in [5.74, 6) is 0. The van der Waals surface area contributed by atoms with Gasteiger partial charge in [0, 0.05) is 13.7 Å². The first kappa shape index (κ1) is 11.0. The predicted octanol–water partition coefficient (Wildman–Crippen LogP) is 1.18. The third-order valence-electron chi connectivity index (χ3n) is 2.63. The highest BCUT2D eigenvalue weighted by molar-refractivity contribution is 4.82. The zero-order chi connectivity index (χ0) is 9.73. The number of nitrogens with one attached hydrogen (secondary N) is 1. The van der Waals surface area contributed by atoms with Crippen LogP contribution in [0.5, 0.6) is 0 Å². The second-order valence-electron chi connectivity index (χ2n) is 4.09. The lowest BCUT2D eigenvalue weighted by Crippen LogP contribution is -2.46. The average Bonchev–Trinajstić information content (AvgIpc) is 2.15. The van der Waals surface area contributed by atoms with E-state index in [2.05, 4.69) is 12.2 Å². The van der Waals surface area contributed by atoms with Gasteiger partial charge in [-0.1, -0.05) is 0 Å². The summed E-state index contributed by atoms with van der Waals surface area (Å²) in [6.07, 6.45) is 2.55. The minimum atomic E-state index is 0.0189. The first-order valence-corrected chi connectivity index (χ1v) is 5.04. The fourth-order valence-electron chi connectivity index (χ4n) is 1.54. The number of methoxy groups -OCH3 is 1. The Morgan fingerprint density at radius 3 is 2.85 bits per heavy atom. The van der Waals surface area contributed by atoms with E-state index in [1.807, 2.05) is 6.92 Å². The van der Waals surface area contributed by atoms with Gasteiger partial charge in [0.25, 0.3) is 0 Å². The van der Waals surface area contributed by atoms with E-state index in [1.165, 1.54) is 6.42 Å². The second-order valence-corrected chi connectivity index (χ2v) is 4.09. The maximum atomic E-state index is 5.84. The van der Waals surface area contributed by atoms with Crippen molar-refractivity contribution in [1.29, 1.82) is 0 Å². The van der Waals surface area contributed by atoms with E-state index >= 15 is 0 Å². The molecule has 0 bridgehead atoms. The molecule has 78 valence electrons. The van der Waals surface area contributed by atoms with Gasteiger partial charge in [0.1, 0.15) is 0 Å². The van der Waals surface area contributed by atoms with Gasteiger partial charge in [-0.15, -0.1) is 0 Å². The van der Waals surface area contributed by atoms with Crippen LogP contribution in [0.1, 0.15) is 26.7 Å². The Labute approximate surface area is 80.8 Å². The van der Waals surface area contributed by atoms with Gasteiger partial charge in [0.05, 0.1) is 18.3 Å². The zero-order valence-electron chi connectivity index (χ0n) is 8.93. The molecule has 2 unspecified atom stereocenters. The molecule has 0 saturated carbocycles. The van der Waals surface area contributed by atoms with Crippen molar-refractivity contribution in [2.24, 2.45) is 0 Å². The van der Waals surface area contributed by atoms with E-state index in [0.717, 1.165) is 19.5 Å². The van der Waals surface area contributed by atoms with Gasteiger partial charge >= 0.3 is 0 Å². The molecule has 0 spiro atoms. The maximum Gasteiger partial charge on any atom is 0.0780 e. The predicted molar refractivity (Wildman–Crippen MR) is 52.9 cm³/mol. The van der Waals surface area contributed by atoms with Crippen LogP contribution in [0, 0.1) is 0 Å². The summed E-state index contributed by atoms with van der Waals surface area (Å²) in [7, 11) is 1.72. The summed E-state index contributed by atoms with van der Waals surface area (Å²) in [6, 6.07) is 0. The Morgan fingerprint density at radius 1 is 1.54 bits per heavy atom. The molecule has 13 heavy (non-hydrogen) atoms. The summed E-state index contributed by atoms with van der Waals surface area (Å²) in [4.78, 5) is 0. The molecule has 1 fully saturated rings. The molecule has 0 aliphatic carbocycles. The Bertz CT molecular complexity index is 144. The highest BCUT2D eigenvalue weighted by atomic mass is 16.5. The van der Waals surface area contributed by atoms with Crippen molar-refractivity contribution in [3.8, 4) is 0 Å². The molecule has 1 N–H and O–H groups in total. The Kier molecular flexibility index (Phi) is 4.16. The lowest BCUT2D eigenvalue weighted by atomic mass is 9.96. The standard InChI is InChI=1S/C10H21NO2/c1-9(12-3)7-13-10(2)5-4-6-11-8-10/h9,11H,4-8H2,1-3H3. The van der Waals surface area contributed by atoms with E-state index in [1.54, 1.807) is 7.11 Å². The molecular weight excluding hydrogens is 166 g/mol. The fourth-order valence-corrected chi connectivity index (χ4v) is 1.54. The normalized spacial score (nSPS) is 31.6. The lowest BCUT2D eigenvalue weighted by Gasteiger charge is -2.34. The van der Waals surface area contributed by atoms with E-state index in [-0.39, 0.29) is 11.7 Å². The number of hydrogen-bond donors (Lipinski definition) is 1. The third-order valence-corrected chi connectivity index (χ3v) is 2.63. The SMILES string of the molecule is COC(C)COC1(C)CCCNC1. The molecule has 1 aliphatic heterocycles. The molecule has 1 heterocycles. The summed E-state index contributed by atoms with van der Waals surface area (Å²) in [5.41, 5.74) is 0.0189. The van der Waals surface area contributed by atoms with Crippen molar-refractivity contribution < 1.29 is 9.47 Å². The molecule has 3 nitrogen and oxygen atoms in total. The number of ether oxygens (including phenoxy) is 2. The van der Waals surface area contributed by atoms with Crippen LogP contribution in [0.2, 0.25) is 0 Å².